The van der Waals surface area contributed by atoms with Gasteiger partial charge < -0.3 is 9.47 Å². The molecule has 0 N–H and O–H groups in total. The minimum Gasteiger partial charge on any atom is -0.472 e. The summed E-state index contributed by atoms with van der Waals surface area (Å²) in [6.45, 7) is 7.82. The maximum Gasteiger partial charge on any atom is 0.411 e. The number of hydrogen-bond donors (Lipinski definition) is 0. The third kappa shape index (κ3) is 3.26. The zero-order chi connectivity index (χ0) is 18.4. The molecule has 0 aromatic heterocycles. The lowest BCUT2D eigenvalue weighted by Crippen LogP contribution is -2.36. The van der Waals surface area contributed by atoms with Crippen LogP contribution in [0.3, 0.4) is 0 Å². The number of hydrogen-bond acceptors (Lipinski definition) is 5. The van der Waals surface area contributed by atoms with Crippen LogP contribution in [0.15, 0.2) is 24.3 Å². The second-order valence-corrected chi connectivity index (χ2v) is 8.92. The van der Waals surface area contributed by atoms with Gasteiger partial charge in [-0.15, -0.1) is 0 Å². The van der Waals surface area contributed by atoms with Gasteiger partial charge in [0.25, 0.3) is 0 Å². The predicted molar refractivity (Wildman–Crippen MR) is 105 cm³/mol. The molecule has 136 valence electrons. The third-order valence-electron chi connectivity index (χ3n) is 4.85. The first-order valence-corrected chi connectivity index (χ1v) is 10.3. The third-order valence-corrected chi connectivity index (χ3v) is 5.87. The first-order chi connectivity index (χ1) is 11.8. The number of fused-ring (bicyclic) bond motifs is 5. The van der Waals surface area contributed by atoms with Crippen LogP contribution in [0.4, 0.5) is 4.79 Å². The van der Waals surface area contributed by atoms with Crippen LogP contribution in [-0.2, 0) is 9.47 Å². The Kier molecular flexibility index (Phi) is 5.04. The van der Waals surface area contributed by atoms with Crippen molar-refractivity contribution in [1.29, 1.82) is 0 Å². The van der Waals surface area contributed by atoms with E-state index < -0.39 is 5.60 Å². The minimum atomic E-state index is -0.530. The number of carbonyl (C=O) groups is 1. The molecule has 0 saturated carbocycles. The van der Waals surface area contributed by atoms with Crippen LogP contribution in [0.1, 0.15) is 57.3 Å². The molecule has 0 spiro atoms. The molecule has 2 heterocycles. The highest BCUT2D eigenvalue weighted by molar-refractivity contribution is 8.22. The second kappa shape index (κ2) is 6.80. The number of thioether (sulfide) groups is 1. The molecule has 1 aromatic carbocycles. The van der Waals surface area contributed by atoms with E-state index in [0.717, 1.165) is 12.0 Å². The average molecular weight is 380 g/mol. The Balaban J connectivity index is 2.00. The van der Waals surface area contributed by atoms with Gasteiger partial charge in [0.15, 0.2) is 0 Å². The Morgan fingerprint density at radius 2 is 1.84 bits per heavy atom. The molecule has 1 saturated heterocycles. The van der Waals surface area contributed by atoms with Crippen molar-refractivity contribution < 1.29 is 14.3 Å². The van der Waals surface area contributed by atoms with E-state index in [1.807, 2.05) is 44.1 Å². The van der Waals surface area contributed by atoms with E-state index in [1.54, 1.807) is 0 Å². The summed E-state index contributed by atoms with van der Waals surface area (Å²) in [5.74, 6) is 0.206. The fraction of sp³-hybridized carbons (Fsp3) is 0.579. The number of thiocarbonyl (C=S) groups is 1. The zero-order valence-corrected chi connectivity index (χ0v) is 16.9. The highest BCUT2D eigenvalue weighted by Gasteiger charge is 2.59. The molecule has 3 rings (SSSR count). The van der Waals surface area contributed by atoms with Gasteiger partial charge in [0, 0.05) is 5.92 Å². The van der Waals surface area contributed by atoms with Crippen molar-refractivity contribution in [2.45, 2.75) is 57.9 Å². The molecule has 1 aromatic rings. The quantitative estimate of drug-likeness (QED) is 0.669. The van der Waals surface area contributed by atoms with Crippen LogP contribution in [0.2, 0.25) is 0 Å². The number of benzene rings is 1. The minimum absolute atomic E-state index is 0.0179. The highest BCUT2D eigenvalue weighted by atomic mass is 32.2. The smallest absolute Gasteiger partial charge is 0.411 e. The van der Waals surface area contributed by atoms with E-state index in [2.05, 4.69) is 19.1 Å². The van der Waals surface area contributed by atoms with E-state index in [0.29, 0.717) is 4.38 Å². The van der Waals surface area contributed by atoms with Gasteiger partial charge in [0.2, 0.25) is 4.38 Å². The van der Waals surface area contributed by atoms with Gasteiger partial charge in [0.1, 0.15) is 11.7 Å². The van der Waals surface area contributed by atoms with Gasteiger partial charge >= 0.3 is 6.09 Å². The lowest BCUT2D eigenvalue weighted by Gasteiger charge is -2.29. The van der Waals surface area contributed by atoms with Crippen molar-refractivity contribution in [3.05, 3.63) is 35.4 Å². The fourth-order valence-electron chi connectivity index (χ4n) is 4.02. The van der Waals surface area contributed by atoms with Gasteiger partial charge in [0.05, 0.1) is 12.1 Å². The summed E-state index contributed by atoms with van der Waals surface area (Å²) in [6, 6.07) is 8.08. The molecule has 6 heteroatoms. The van der Waals surface area contributed by atoms with Gasteiger partial charge in [-0.05, 0) is 56.8 Å². The average Bonchev–Trinajstić information content (AvgIpc) is 3.04. The van der Waals surface area contributed by atoms with Crippen LogP contribution in [0, 0.1) is 5.92 Å². The summed E-state index contributed by atoms with van der Waals surface area (Å²) < 4.78 is 12.3. The summed E-state index contributed by atoms with van der Waals surface area (Å²) in [6.07, 6.45) is 2.42. The fourth-order valence-corrected chi connectivity index (χ4v) is 4.34. The van der Waals surface area contributed by atoms with E-state index in [9.17, 15) is 4.79 Å². The molecular formula is C19H25NO3S2. The van der Waals surface area contributed by atoms with Gasteiger partial charge in [-0.25, -0.2) is 4.79 Å². The molecule has 1 amide bonds. The van der Waals surface area contributed by atoms with Crippen molar-refractivity contribution in [2.75, 3.05) is 6.26 Å². The molecular weight excluding hydrogens is 354 g/mol. The van der Waals surface area contributed by atoms with E-state index in [1.165, 1.54) is 17.3 Å². The van der Waals surface area contributed by atoms with Crippen LogP contribution in [0.5, 0.6) is 0 Å². The largest absolute Gasteiger partial charge is 0.472 e. The molecule has 4 nitrogen and oxygen atoms in total. The molecule has 25 heavy (non-hydrogen) atoms. The molecule has 2 aliphatic heterocycles. The summed E-state index contributed by atoms with van der Waals surface area (Å²) in [5, 5.41) is 0. The lowest BCUT2D eigenvalue weighted by molar-refractivity contribution is 0.0133. The van der Waals surface area contributed by atoms with Crippen molar-refractivity contribution in [3.63, 3.8) is 0 Å². The second-order valence-electron chi connectivity index (χ2n) is 7.51. The molecule has 4 atom stereocenters. The number of carbonyl (C=O) groups excluding carboxylic acids is 1. The monoisotopic (exact) mass is 379 g/mol. The lowest BCUT2D eigenvalue weighted by atomic mass is 9.80. The van der Waals surface area contributed by atoms with Crippen molar-refractivity contribution in [3.8, 4) is 0 Å². The topological polar surface area (TPSA) is 38.8 Å². The Morgan fingerprint density at radius 1 is 1.24 bits per heavy atom. The van der Waals surface area contributed by atoms with Crippen molar-refractivity contribution in [1.82, 2.24) is 4.90 Å². The SMILES string of the molecule is CC[C@H]1[C@H](OC(=S)SC)[C@H]2c3ccccc3[C@@H]1N2C(=O)OC(C)(C)C. The van der Waals surface area contributed by atoms with Crippen molar-refractivity contribution in [2.24, 2.45) is 5.92 Å². The zero-order valence-electron chi connectivity index (χ0n) is 15.3. The van der Waals surface area contributed by atoms with Gasteiger partial charge in [-0.2, -0.15) is 0 Å². The van der Waals surface area contributed by atoms with E-state index in [-0.39, 0.29) is 30.2 Å². The summed E-state index contributed by atoms with van der Waals surface area (Å²) >= 11 is 6.73. The molecule has 0 radical (unpaired) electrons. The first-order valence-electron chi connectivity index (χ1n) is 8.63. The van der Waals surface area contributed by atoms with Crippen LogP contribution < -0.4 is 0 Å². The Hall–Kier alpha value is -1.27. The Bertz CT molecular complexity index is 685. The molecule has 2 aliphatic rings. The molecule has 2 bridgehead atoms. The maximum absolute atomic E-state index is 13.0. The van der Waals surface area contributed by atoms with Crippen molar-refractivity contribution >= 4 is 34.5 Å². The van der Waals surface area contributed by atoms with Crippen LogP contribution in [-0.4, -0.2) is 33.3 Å². The number of rotatable bonds is 2. The summed E-state index contributed by atoms with van der Waals surface area (Å²) in [4.78, 5) is 14.8. The predicted octanol–water partition coefficient (Wildman–Crippen LogP) is 5.09. The van der Waals surface area contributed by atoms with Gasteiger partial charge in [-0.3, -0.25) is 4.90 Å². The molecule has 0 aliphatic carbocycles. The Labute approximate surface area is 159 Å². The van der Waals surface area contributed by atoms with E-state index in [4.69, 9.17) is 21.7 Å². The number of amides is 1. The number of ether oxygens (including phenoxy) is 2. The van der Waals surface area contributed by atoms with Crippen LogP contribution >= 0.6 is 24.0 Å². The summed E-state index contributed by atoms with van der Waals surface area (Å²) in [7, 11) is 0. The maximum atomic E-state index is 13.0. The molecule has 1 fully saturated rings. The van der Waals surface area contributed by atoms with Gasteiger partial charge in [-0.1, -0.05) is 43.0 Å². The van der Waals surface area contributed by atoms with Crippen LogP contribution in [0.25, 0.3) is 0 Å². The normalized spacial score (nSPS) is 27.2. The summed E-state index contributed by atoms with van der Waals surface area (Å²) in [5.41, 5.74) is 1.83. The Morgan fingerprint density at radius 3 is 2.36 bits per heavy atom. The standard InChI is InChI=1S/C19H25NO3S2/c1-6-11-14-12-9-7-8-10-13(12)15(16(11)22-18(24)25-5)20(14)17(21)23-19(2,3)4/h7-11,14-16H,6H2,1-5H3/t11-,14-,15-,16+/m1/s1. The van der Waals surface area contributed by atoms with E-state index >= 15 is 0 Å². The molecule has 0 unspecified atom stereocenters. The number of nitrogens with zero attached hydrogens (tertiary/aromatic N) is 1. The highest BCUT2D eigenvalue weighted by Crippen LogP contribution is 2.58. The first kappa shape index (κ1) is 18.5.